The van der Waals surface area contributed by atoms with Gasteiger partial charge < -0.3 is 15.5 Å². The zero-order valence-corrected chi connectivity index (χ0v) is 17.3. The second-order valence-corrected chi connectivity index (χ2v) is 8.19. The summed E-state index contributed by atoms with van der Waals surface area (Å²) in [4.78, 5) is 16.6. The van der Waals surface area contributed by atoms with E-state index in [1.54, 1.807) is 16.9 Å². The van der Waals surface area contributed by atoms with Crippen molar-refractivity contribution in [3.8, 4) is 0 Å². The maximum absolute atomic E-state index is 12.3. The number of halogens is 1. The Hall–Kier alpha value is -2.78. The van der Waals surface area contributed by atoms with Crippen LogP contribution in [0.4, 0.5) is 0 Å². The number of nitrogens with zero attached hydrogens (tertiary/aromatic N) is 3. The Bertz CT molecular complexity index is 1140. The molecule has 0 aliphatic carbocycles. The lowest BCUT2D eigenvalue weighted by molar-refractivity contribution is -0.135. The van der Waals surface area contributed by atoms with Crippen molar-refractivity contribution in [1.29, 1.82) is 0 Å². The molecule has 2 atom stereocenters. The molecule has 0 saturated carbocycles. The molecule has 0 aliphatic rings. The Morgan fingerprint density at radius 3 is 2.70 bits per heavy atom. The second-order valence-electron chi connectivity index (χ2n) is 6.72. The molecule has 2 aromatic carbocycles. The van der Waals surface area contributed by atoms with Gasteiger partial charge in [-0.15, -0.1) is 11.3 Å². The summed E-state index contributed by atoms with van der Waals surface area (Å²) in [5, 5.41) is 28.5. The Labute approximate surface area is 181 Å². The van der Waals surface area contributed by atoms with Crippen molar-refractivity contribution in [2.24, 2.45) is 0 Å². The molecule has 0 fully saturated rings. The number of nitrogens with one attached hydrogen (secondary N) is 1. The van der Waals surface area contributed by atoms with Gasteiger partial charge in [0.15, 0.2) is 6.10 Å². The number of hydrogen-bond donors (Lipinski definition) is 3. The topological polar surface area (TPSA) is 100 Å². The van der Waals surface area contributed by atoms with Gasteiger partial charge in [-0.25, -0.2) is 4.98 Å². The SMILES string of the molecule is O=C(NCc1ccn(Cc2ccccc2Cl)n1)[C@H](O)[C@@H](O)c1nc2ccccc2s1. The summed E-state index contributed by atoms with van der Waals surface area (Å²) >= 11 is 7.41. The first-order valence-corrected chi connectivity index (χ1v) is 10.5. The number of para-hydroxylation sites is 1. The van der Waals surface area contributed by atoms with E-state index in [-0.39, 0.29) is 6.54 Å². The summed E-state index contributed by atoms with van der Waals surface area (Å²) in [7, 11) is 0. The van der Waals surface area contributed by atoms with E-state index in [1.807, 2.05) is 48.5 Å². The number of aliphatic hydroxyl groups is 2. The number of rotatable bonds is 7. The van der Waals surface area contributed by atoms with Crippen molar-refractivity contribution < 1.29 is 15.0 Å². The Morgan fingerprint density at radius 1 is 1.13 bits per heavy atom. The van der Waals surface area contributed by atoms with Crippen LogP contribution in [0.5, 0.6) is 0 Å². The summed E-state index contributed by atoms with van der Waals surface area (Å²) in [6.07, 6.45) is -1.24. The molecule has 2 heterocycles. The van der Waals surface area contributed by atoms with Crippen LogP contribution in [0.15, 0.2) is 60.8 Å². The molecule has 9 heteroatoms. The van der Waals surface area contributed by atoms with Gasteiger partial charge in [-0.1, -0.05) is 41.9 Å². The van der Waals surface area contributed by atoms with E-state index < -0.39 is 18.1 Å². The molecule has 0 unspecified atom stereocenters. The number of fused-ring (bicyclic) bond motifs is 1. The summed E-state index contributed by atoms with van der Waals surface area (Å²) in [6, 6.07) is 16.7. The van der Waals surface area contributed by atoms with E-state index in [9.17, 15) is 15.0 Å². The maximum Gasteiger partial charge on any atom is 0.252 e. The van der Waals surface area contributed by atoms with Crippen LogP contribution in [-0.2, 0) is 17.9 Å². The molecule has 154 valence electrons. The number of aromatic nitrogens is 3. The first kappa shape index (κ1) is 20.5. The third kappa shape index (κ3) is 4.52. The van der Waals surface area contributed by atoms with Crippen molar-refractivity contribution in [1.82, 2.24) is 20.1 Å². The number of aliphatic hydroxyl groups excluding tert-OH is 2. The third-order valence-electron chi connectivity index (χ3n) is 4.56. The second kappa shape index (κ2) is 8.93. The van der Waals surface area contributed by atoms with Crippen LogP contribution in [0.3, 0.4) is 0 Å². The van der Waals surface area contributed by atoms with E-state index in [0.717, 1.165) is 10.3 Å². The molecule has 2 aromatic heterocycles. The highest BCUT2D eigenvalue weighted by Crippen LogP contribution is 2.28. The Balaban J connectivity index is 1.35. The van der Waals surface area contributed by atoms with Gasteiger partial charge in [-0.05, 0) is 29.8 Å². The molecule has 7 nitrogen and oxygen atoms in total. The minimum atomic E-state index is -1.63. The first-order chi connectivity index (χ1) is 14.5. The molecule has 1 amide bonds. The quantitative estimate of drug-likeness (QED) is 0.408. The fourth-order valence-corrected chi connectivity index (χ4v) is 4.14. The van der Waals surface area contributed by atoms with Crippen molar-refractivity contribution in [3.63, 3.8) is 0 Å². The summed E-state index contributed by atoms with van der Waals surface area (Å²) in [6.45, 7) is 0.630. The predicted molar refractivity (Wildman–Crippen MR) is 115 cm³/mol. The lowest BCUT2D eigenvalue weighted by atomic mass is 10.2. The summed E-state index contributed by atoms with van der Waals surface area (Å²) in [5.74, 6) is -0.692. The maximum atomic E-state index is 12.3. The molecule has 0 radical (unpaired) electrons. The van der Waals surface area contributed by atoms with Gasteiger partial charge in [0.25, 0.3) is 5.91 Å². The van der Waals surface area contributed by atoms with E-state index in [0.29, 0.717) is 27.8 Å². The van der Waals surface area contributed by atoms with Gasteiger partial charge in [0.1, 0.15) is 11.1 Å². The lowest BCUT2D eigenvalue weighted by Gasteiger charge is -2.15. The van der Waals surface area contributed by atoms with Crippen molar-refractivity contribution in [2.75, 3.05) is 0 Å². The van der Waals surface area contributed by atoms with Crippen LogP contribution < -0.4 is 5.32 Å². The molecule has 0 spiro atoms. The minimum Gasteiger partial charge on any atom is -0.383 e. The zero-order valence-electron chi connectivity index (χ0n) is 15.8. The average Bonchev–Trinajstić information content (AvgIpc) is 3.39. The number of amides is 1. The number of thiazole rings is 1. The zero-order chi connectivity index (χ0) is 21.1. The molecule has 4 rings (SSSR count). The monoisotopic (exact) mass is 442 g/mol. The summed E-state index contributed by atoms with van der Waals surface area (Å²) < 4.78 is 2.60. The minimum absolute atomic E-state index is 0.123. The van der Waals surface area contributed by atoms with E-state index in [2.05, 4.69) is 15.4 Å². The lowest BCUT2D eigenvalue weighted by Crippen LogP contribution is -2.38. The average molecular weight is 443 g/mol. The number of carbonyl (C=O) groups is 1. The van der Waals surface area contributed by atoms with Gasteiger partial charge in [-0.3, -0.25) is 9.48 Å². The van der Waals surface area contributed by atoms with Crippen molar-refractivity contribution in [3.05, 3.63) is 82.1 Å². The molecule has 4 aromatic rings. The van der Waals surface area contributed by atoms with E-state index in [4.69, 9.17) is 11.6 Å². The molecule has 0 saturated heterocycles. The molecule has 0 bridgehead atoms. The number of benzene rings is 2. The van der Waals surface area contributed by atoms with Crippen LogP contribution in [0.25, 0.3) is 10.2 Å². The first-order valence-electron chi connectivity index (χ1n) is 9.26. The van der Waals surface area contributed by atoms with Gasteiger partial charge in [-0.2, -0.15) is 5.10 Å². The molecule has 0 aliphatic heterocycles. The predicted octanol–water partition coefficient (Wildman–Crippen LogP) is 2.91. The highest BCUT2D eigenvalue weighted by molar-refractivity contribution is 7.18. The summed E-state index contributed by atoms with van der Waals surface area (Å²) in [5.41, 5.74) is 2.28. The fraction of sp³-hybridized carbons (Fsp3) is 0.190. The number of carbonyl (C=O) groups excluding carboxylic acids is 1. The van der Waals surface area contributed by atoms with Crippen molar-refractivity contribution in [2.45, 2.75) is 25.3 Å². The highest BCUT2D eigenvalue weighted by atomic mass is 35.5. The van der Waals surface area contributed by atoms with Gasteiger partial charge in [0.05, 0.1) is 29.0 Å². The standard InChI is InChI=1S/C21H19ClN4O3S/c22-15-6-2-1-5-13(15)12-26-10-9-14(25-26)11-23-20(29)18(27)19(28)21-24-16-7-3-4-8-17(16)30-21/h1-10,18-19,27-28H,11-12H2,(H,23,29)/t18-,19-/m1/s1. The van der Waals surface area contributed by atoms with Crippen LogP contribution in [0, 0.1) is 0 Å². The van der Waals surface area contributed by atoms with E-state index in [1.165, 1.54) is 11.3 Å². The molecule has 30 heavy (non-hydrogen) atoms. The molecular formula is C21H19ClN4O3S. The van der Waals surface area contributed by atoms with Crippen LogP contribution in [0.1, 0.15) is 22.4 Å². The van der Waals surface area contributed by atoms with Gasteiger partial charge in [0, 0.05) is 11.2 Å². The Morgan fingerprint density at radius 2 is 1.90 bits per heavy atom. The largest absolute Gasteiger partial charge is 0.383 e. The number of hydrogen-bond acceptors (Lipinski definition) is 6. The Kier molecular flexibility index (Phi) is 6.10. The van der Waals surface area contributed by atoms with Crippen molar-refractivity contribution >= 4 is 39.1 Å². The molecule has 3 N–H and O–H groups in total. The highest BCUT2D eigenvalue weighted by Gasteiger charge is 2.28. The molecular weight excluding hydrogens is 424 g/mol. The van der Waals surface area contributed by atoms with Crippen LogP contribution in [-0.4, -0.2) is 37.0 Å². The fourth-order valence-electron chi connectivity index (χ4n) is 2.96. The third-order valence-corrected chi connectivity index (χ3v) is 6.04. The van der Waals surface area contributed by atoms with Gasteiger partial charge >= 0.3 is 0 Å². The smallest absolute Gasteiger partial charge is 0.252 e. The normalized spacial score (nSPS) is 13.3. The van der Waals surface area contributed by atoms with Gasteiger partial charge in [0.2, 0.25) is 0 Å². The van der Waals surface area contributed by atoms with Crippen LogP contribution in [0.2, 0.25) is 5.02 Å². The van der Waals surface area contributed by atoms with Crippen LogP contribution >= 0.6 is 22.9 Å². The van der Waals surface area contributed by atoms with E-state index >= 15 is 0 Å².